The zero-order chi connectivity index (χ0) is 13.4. The Bertz CT molecular complexity index is 248. The van der Waals surface area contributed by atoms with E-state index in [9.17, 15) is 4.79 Å². The quantitative estimate of drug-likeness (QED) is 0.732. The Morgan fingerprint density at radius 1 is 1.25 bits per heavy atom. The van der Waals surface area contributed by atoms with Crippen LogP contribution in [0.2, 0.25) is 0 Å². The minimum Gasteiger partial charge on any atom is -0.379 e. The molecule has 1 saturated heterocycles. The van der Waals surface area contributed by atoms with E-state index in [4.69, 9.17) is 10.5 Å². The Balaban J connectivity index is 0. The van der Waals surface area contributed by atoms with E-state index in [1.165, 1.54) is 0 Å². The monoisotopic (exact) mass is 329 g/mol. The van der Waals surface area contributed by atoms with Gasteiger partial charge in [-0.25, -0.2) is 0 Å². The largest absolute Gasteiger partial charge is 0.379 e. The second kappa shape index (κ2) is 12.7. The van der Waals surface area contributed by atoms with Crippen molar-refractivity contribution in [3.05, 3.63) is 0 Å². The third kappa shape index (κ3) is 6.59. The number of hydrogen-bond acceptors (Lipinski definition) is 4. The molecule has 1 rings (SSSR count). The topological polar surface area (TPSA) is 67.6 Å². The molecular weight excluding hydrogens is 301 g/mol. The standard InChI is InChI=1S/C13H27N3O2.2ClH/c1-3-11(4-2)12(13(17)15-6-5-14)16-7-9-18-10-8-16;;/h11-12H,3-10,14H2,1-2H3,(H,15,17);2*1H. The number of rotatable bonds is 7. The lowest BCUT2D eigenvalue weighted by molar-refractivity contribution is -0.130. The number of halogens is 2. The molecule has 0 aliphatic carbocycles. The van der Waals surface area contributed by atoms with Gasteiger partial charge in [-0.1, -0.05) is 26.7 Å². The van der Waals surface area contributed by atoms with E-state index in [0.29, 0.717) is 19.0 Å². The Labute approximate surface area is 134 Å². The second-order valence-electron chi connectivity index (χ2n) is 4.75. The van der Waals surface area contributed by atoms with E-state index in [-0.39, 0.29) is 36.8 Å². The molecule has 0 saturated carbocycles. The molecule has 1 unspecified atom stereocenters. The molecule has 1 fully saturated rings. The van der Waals surface area contributed by atoms with Gasteiger partial charge in [0.25, 0.3) is 0 Å². The van der Waals surface area contributed by atoms with Gasteiger partial charge in [0, 0.05) is 26.2 Å². The highest BCUT2D eigenvalue weighted by molar-refractivity contribution is 5.85. The second-order valence-corrected chi connectivity index (χ2v) is 4.75. The minimum atomic E-state index is -0.0320. The molecule has 0 aromatic rings. The molecule has 0 bridgehead atoms. The highest BCUT2D eigenvalue weighted by Crippen LogP contribution is 2.20. The van der Waals surface area contributed by atoms with E-state index in [1.54, 1.807) is 0 Å². The van der Waals surface area contributed by atoms with Crippen LogP contribution in [0.3, 0.4) is 0 Å². The first-order valence-electron chi connectivity index (χ1n) is 7.04. The summed E-state index contributed by atoms with van der Waals surface area (Å²) in [5, 5.41) is 2.93. The minimum absolute atomic E-state index is 0. The number of hydrogen-bond donors (Lipinski definition) is 2. The zero-order valence-electron chi connectivity index (χ0n) is 12.5. The molecule has 122 valence electrons. The molecule has 1 atom stereocenters. The zero-order valence-corrected chi connectivity index (χ0v) is 14.1. The van der Waals surface area contributed by atoms with Crippen LogP contribution in [-0.2, 0) is 9.53 Å². The maximum atomic E-state index is 12.3. The van der Waals surface area contributed by atoms with E-state index >= 15 is 0 Å². The first kappa shape index (κ1) is 22.2. The van der Waals surface area contributed by atoms with Gasteiger partial charge in [0.1, 0.15) is 0 Å². The normalized spacial score (nSPS) is 17.0. The predicted molar refractivity (Wildman–Crippen MR) is 86.8 cm³/mol. The van der Waals surface area contributed by atoms with Crippen LogP contribution in [0.15, 0.2) is 0 Å². The molecule has 5 nitrogen and oxygen atoms in total. The SMILES string of the molecule is CCC(CC)C(C(=O)NCCN)N1CCOCC1.Cl.Cl. The third-order valence-corrected chi connectivity index (χ3v) is 3.65. The van der Waals surface area contributed by atoms with Crippen molar-refractivity contribution in [3.8, 4) is 0 Å². The van der Waals surface area contributed by atoms with Gasteiger partial charge in [-0.3, -0.25) is 9.69 Å². The molecule has 3 N–H and O–H groups in total. The molecule has 7 heteroatoms. The number of nitrogens with one attached hydrogen (secondary N) is 1. The van der Waals surface area contributed by atoms with Gasteiger partial charge in [-0.05, 0) is 5.92 Å². The first-order valence-corrected chi connectivity index (χ1v) is 7.04. The van der Waals surface area contributed by atoms with Gasteiger partial charge in [0.2, 0.25) is 5.91 Å². The van der Waals surface area contributed by atoms with Gasteiger partial charge < -0.3 is 15.8 Å². The summed E-state index contributed by atoms with van der Waals surface area (Å²) >= 11 is 0. The number of nitrogens with zero attached hydrogens (tertiary/aromatic N) is 1. The molecular formula is C13H29Cl2N3O2. The van der Waals surface area contributed by atoms with Crippen LogP contribution in [0.1, 0.15) is 26.7 Å². The Morgan fingerprint density at radius 3 is 2.25 bits per heavy atom. The average molecular weight is 330 g/mol. The number of amides is 1. The fraction of sp³-hybridized carbons (Fsp3) is 0.923. The lowest BCUT2D eigenvalue weighted by Gasteiger charge is -2.37. The van der Waals surface area contributed by atoms with Crippen LogP contribution in [0, 0.1) is 5.92 Å². The summed E-state index contributed by atoms with van der Waals surface area (Å²) in [5.41, 5.74) is 5.45. The van der Waals surface area contributed by atoms with E-state index in [2.05, 4.69) is 24.1 Å². The number of nitrogens with two attached hydrogens (primary N) is 1. The summed E-state index contributed by atoms with van der Waals surface area (Å²) in [6, 6.07) is -0.0320. The fourth-order valence-corrected chi connectivity index (χ4v) is 2.57. The van der Waals surface area contributed by atoms with Crippen molar-refractivity contribution in [2.75, 3.05) is 39.4 Å². The lowest BCUT2D eigenvalue weighted by Crippen LogP contribution is -2.54. The average Bonchev–Trinajstić information content (AvgIpc) is 2.43. The Kier molecular flexibility index (Phi) is 14.1. The highest BCUT2D eigenvalue weighted by atomic mass is 35.5. The molecule has 1 aliphatic heterocycles. The summed E-state index contributed by atoms with van der Waals surface area (Å²) < 4.78 is 5.36. The van der Waals surface area contributed by atoms with Crippen molar-refractivity contribution in [2.45, 2.75) is 32.7 Å². The molecule has 20 heavy (non-hydrogen) atoms. The summed E-state index contributed by atoms with van der Waals surface area (Å²) in [7, 11) is 0. The number of ether oxygens (including phenoxy) is 1. The molecule has 1 amide bonds. The maximum Gasteiger partial charge on any atom is 0.237 e. The predicted octanol–water partition coefficient (Wildman–Crippen LogP) is 1.04. The van der Waals surface area contributed by atoms with Crippen molar-refractivity contribution in [1.29, 1.82) is 0 Å². The Morgan fingerprint density at radius 2 is 1.80 bits per heavy atom. The van der Waals surface area contributed by atoms with Crippen LogP contribution in [0.4, 0.5) is 0 Å². The van der Waals surface area contributed by atoms with Crippen molar-refractivity contribution >= 4 is 30.7 Å². The molecule has 1 aliphatic rings. The van der Waals surface area contributed by atoms with Gasteiger partial charge in [0.15, 0.2) is 0 Å². The number of carbonyl (C=O) groups excluding carboxylic acids is 1. The van der Waals surface area contributed by atoms with Crippen LogP contribution in [0.5, 0.6) is 0 Å². The summed E-state index contributed by atoms with van der Waals surface area (Å²) in [5.74, 6) is 0.525. The third-order valence-electron chi connectivity index (χ3n) is 3.65. The molecule has 0 radical (unpaired) electrons. The number of morpholine rings is 1. The number of carbonyl (C=O) groups is 1. The lowest BCUT2D eigenvalue weighted by atomic mass is 9.91. The van der Waals surface area contributed by atoms with Gasteiger partial charge in [-0.15, -0.1) is 24.8 Å². The van der Waals surface area contributed by atoms with Gasteiger partial charge in [-0.2, -0.15) is 0 Å². The summed E-state index contributed by atoms with van der Waals surface area (Å²) in [6.45, 7) is 8.48. The van der Waals surface area contributed by atoms with Crippen molar-refractivity contribution in [3.63, 3.8) is 0 Å². The fourth-order valence-electron chi connectivity index (χ4n) is 2.57. The molecule has 0 aromatic carbocycles. The Hall–Kier alpha value is -0.0700. The molecule has 1 heterocycles. The van der Waals surface area contributed by atoms with Crippen molar-refractivity contribution in [2.24, 2.45) is 11.7 Å². The van der Waals surface area contributed by atoms with Crippen molar-refractivity contribution < 1.29 is 9.53 Å². The molecule has 0 spiro atoms. The van der Waals surface area contributed by atoms with Crippen LogP contribution >= 0.6 is 24.8 Å². The van der Waals surface area contributed by atoms with Gasteiger partial charge in [0.05, 0.1) is 19.3 Å². The molecule has 0 aromatic heterocycles. The first-order chi connectivity index (χ1) is 8.74. The van der Waals surface area contributed by atoms with Crippen LogP contribution in [0.25, 0.3) is 0 Å². The van der Waals surface area contributed by atoms with E-state index in [1.807, 2.05) is 0 Å². The van der Waals surface area contributed by atoms with Crippen molar-refractivity contribution in [1.82, 2.24) is 10.2 Å². The maximum absolute atomic E-state index is 12.3. The smallest absolute Gasteiger partial charge is 0.237 e. The summed E-state index contributed by atoms with van der Waals surface area (Å²) in [6.07, 6.45) is 2.04. The highest BCUT2D eigenvalue weighted by Gasteiger charge is 2.32. The van der Waals surface area contributed by atoms with E-state index < -0.39 is 0 Å². The van der Waals surface area contributed by atoms with Crippen LogP contribution in [-0.4, -0.2) is 56.2 Å². The summed E-state index contributed by atoms with van der Waals surface area (Å²) in [4.78, 5) is 14.6. The van der Waals surface area contributed by atoms with Gasteiger partial charge >= 0.3 is 0 Å². The van der Waals surface area contributed by atoms with E-state index in [0.717, 1.165) is 39.1 Å². The van der Waals surface area contributed by atoms with Crippen LogP contribution < -0.4 is 11.1 Å².